The Morgan fingerprint density at radius 2 is 2.03 bits per heavy atom. The standard InChI is InChI=1S/C22H27N5O4/c1-12(11-29-4)27-21-15-9-19(30-5)16(20-13(2)26-31-14(20)3)8-17(15)24-10-18(21)25-22(27)23-6-7-28/h8-10,12,28H,6-7,11H2,1-5H3,(H,23,25). The summed E-state index contributed by atoms with van der Waals surface area (Å²) in [5.41, 5.74) is 5.08. The third kappa shape index (κ3) is 3.60. The molecule has 9 heteroatoms. The average Bonchev–Trinajstić information content (AvgIpc) is 3.30. The van der Waals surface area contributed by atoms with E-state index in [2.05, 4.69) is 26.9 Å². The van der Waals surface area contributed by atoms with Gasteiger partial charge in [0.15, 0.2) is 0 Å². The highest BCUT2D eigenvalue weighted by Gasteiger charge is 2.22. The molecule has 3 aromatic heterocycles. The number of pyridine rings is 1. The minimum atomic E-state index is 0.00928. The summed E-state index contributed by atoms with van der Waals surface area (Å²) in [4.78, 5) is 9.38. The summed E-state index contributed by atoms with van der Waals surface area (Å²) < 4.78 is 18.6. The van der Waals surface area contributed by atoms with E-state index in [0.717, 1.165) is 44.5 Å². The Balaban J connectivity index is 2.01. The van der Waals surface area contributed by atoms with Crippen molar-refractivity contribution in [3.05, 3.63) is 29.8 Å². The third-order valence-corrected chi connectivity index (χ3v) is 5.38. The molecule has 0 saturated carbocycles. The van der Waals surface area contributed by atoms with Gasteiger partial charge in [-0.3, -0.25) is 4.98 Å². The summed E-state index contributed by atoms with van der Waals surface area (Å²) in [5.74, 6) is 2.09. The highest BCUT2D eigenvalue weighted by Crippen LogP contribution is 2.39. The number of methoxy groups -OCH3 is 2. The highest BCUT2D eigenvalue weighted by molar-refractivity contribution is 6.05. The summed E-state index contributed by atoms with van der Waals surface area (Å²) in [6.07, 6.45) is 1.77. The van der Waals surface area contributed by atoms with Gasteiger partial charge in [0.1, 0.15) is 17.0 Å². The minimum absolute atomic E-state index is 0.00928. The molecule has 3 heterocycles. The van der Waals surface area contributed by atoms with Crippen molar-refractivity contribution in [1.82, 2.24) is 19.7 Å². The van der Waals surface area contributed by atoms with Gasteiger partial charge in [0.25, 0.3) is 0 Å². The van der Waals surface area contributed by atoms with Gasteiger partial charge in [0, 0.05) is 24.6 Å². The number of benzene rings is 1. The number of hydrogen-bond donors (Lipinski definition) is 2. The van der Waals surface area contributed by atoms with Crippen molar-refractivity contribution in [2.75, 3.05) is 39.3 Å². The Labute approximate surface area is 180 Å². The number of ether oxygens (including phenoxy) is 2. The van der Waals surface area contributed by atoms with E-state index in [1.165, 1.54) is 0 Å². The van der Waals surface area contributed by atoms with Crippen LogP contribution in [0.25, 0.3) is 33.1 Å². The zero-order valence-electron chi connectivity index (χ0n) is 18.4. The van der Waals surface area contributed by atoms with Gasteiger partial charge in [-0.05, 0) is 32.9 Å². The lowest BCUT2D eigenvalue weighted by Gasteiger charge is -2.18. The van der Waals surface area contributed by atoms with Crippen molar-refractivity contribution < 1.29 is 19.1 Å². The Kier molecular flexibility index (Phi) is 5.79. The molecule has 31 heavy (non-hydrogen) atoms. The maximum absolute atomic E-state index is 9.28. The molecule has 2 N–H and O–H groups in total. The summed E-state index contributed by atoms with van der Waals surface area (Å²) in [6.45, 7) is 6.78. The van der Waals surface area contributed by atoms with Gasteiger partial charge in [0.05, 0.1) is 54.9 Å². The number of aryl methyl sites for hydroxylation is 2. The molecule has 9 nitrogen and oxygen atoms in total. The van der Waals surface area contributed by atoms with E-state index in [-0.39, 0.29) is 12.6 Å². The maximum Gasteiger partial charge on any atom is 0.204 e. The Hall–Kier alpha value is -3.17. The number of anilines is 1. The van der Waals surface area contributed by atoms with Gasteiger partial charge in [0.2, 0.25) is 5.95 Å². The Morgan fingerprint density at radius 1 is 1.23 bits per heavy atom. The molecule has 0 aliphatic rings. The van der Waals surface area contributed by atoms with Crippen LogP contribution in [0.15, 0.2) is 22.9 Å². The zero-order valence-corrected chi connectivity index (χ0v) is 18.4. The normalized spacial score (nSPS) is 12.6. The molecule has 0 bridgehead atoms. The fourth-order valence-electron chi connectivity index (χ4n) is 4.07. The maximum atomic E-state index is 9.28. The number of fused-ring (bicyclic) bond motifs is 3. The van der Waals surface area contributed by atoms with Gasteiger partial charge in [-0.15, -0.1) is 0 Å². The summed E-state index contributed by atoms with van der Waals surface area (Å²) in [7, 11) is 3.32. The predicted molar refractivity (Wildman–Crippen MR) is 119 cm³/mol. The first-order chi connectivity index (χ1) is 15.0. The number of aliphatic hydroxyl groups excluding tert-OH is 1. The third-order valence-electron chi connectivity index (χ3n) is 5.38. The van der Waals surface area contributed by atoms with Crippen LogP contribution < -0.4 is 10.1 Å². The van der Waals surface area contributed by atoms with Crippen molar-refractivity contribution >= 4 is 27.9 Å². The van der Waals surface area contributed by atoms with Crippen molar-refractivity contribution in [3.8, 4) is 16.9 Å². The number of aromatic nitrogens is 4. The fraction of sp³-hybridized carbons (Fsp3) is 0.409. The average molecular weight is 425 g/mol. The van der Waals surface area contributed by atoms with Crippen molar-refractivity contribution in [2.24, 2.45) is 0 Å². The molecule has 1 aromatic carbocycles. The van der Waals surface area contributed by atoms with Crippen LogP contribution in [0, 0.1) is 13.8 Å². The van der Waals surface area contributed by atoms with Crippen LogP contribution in [0.5, 0.6) is 5.75 Å². The second-order valence-corrected chi connectivity index (χ2v) is 7.52. The summed E-state index contributed by atoms with van der Waals surface area (Å²) in [6, 6.07) is 3.99. The van der Waals surface area contributed by atoms with Crippen molar-refractivity contribution in [2.45, 2.75) is 26.8 Å². The molecule has 0 saturated heterocycles. The number of aliphatic hydroxyl groups is 1. The molecule has 0 radical (unpaired) electrons. The Morgan fingerprint density at radius 3 is 2.68 bits per heavy atom. The van der Waals surface area contributed by atoms with Crippen molar-refractivity contribution in [1.29, 1.82) is 0 Å². The molecule has 0 amide bonds. The molecule has 0 fully saturated rings. The lowest BCUT2D eigenvalue weighted by molar-refractivity contribution is 0.164. The molecule has 0 aliphatic carbocycles. The zero-order chi connectivity index (χ0) is 22.1. The van der Waals surface area contributed by atoms with E-state index in [9.17, 15) is 5.11 Å². The number of nitrogens with one attached hydrogen (secondary N) is 1. The van der Waals surface area contributed by atoms with Crippen LogP contribution in [0.4, 0.5) is 5.95 Å². The van der Waals surface area contributed by atoms with E-state index in [4.69, 9.17) is 19.0 Å². The van der Waals surface area contributed by atoms with Gasteiger partial charge in [-0.1, -0.05) is 5.16 Å². The van der Waals surface area contributed by atoms with Crippen LogP contribution in [0.2, 0.25) is 0 Å². The first kappa shape index (κ1) is 21.1. The first-order valence-electron chi connectivity index (χ1n) is 10.2. The fourth-order valence-corrected chi connectivity index (χ4v) is 4.07. The molecule has 4 aromatic rings. The number of hydrogen-bond acceptors (Lipinski definition) is 8. The van der Waals surface area contributed by atoms with Crippen LogP contribution >= 0.6 is 0 Å². The lowest BCUT2D eigenvalue weighted by atomic mass is 10.0. The van der Waals surface area contributed by atoms with Crippen LogP contribution in [0.3, 0.4) is 0 Å². The second kappa shape index (κ2) is 8.52. The molecule has 1 atom stereocenters. The van der Waals surface area contributed by atoms with Gasteiger partial charge < -0.3 is 29.0 Å². The Bertz CT molecular complexity index is 1210. The number of rotatable bonds is 8. The molecular formula is C22H27N5O4. The predicted octanol–water partition coefficient (Wildman–Crippen LogP) is 3.48. The van der Waals surface area contributed by atoms with Crippen LogP contribution in [-0.2, 0) is 4.74 Å². The van der Waals surface area contributed by atoms with Crippen LogP contribution in [-0.4, -0.2) is 58.8 Å². The van der Waals surface area contributed by atoms with Gasteiger partial charge in [-0.2, -0.15) is 0 Å². The second-order valence-electron chi connectivity index (χ2n) is 7.52. The topological polar surface area (TPSA) is 107 Å². The first-order valence-corrected chi connectivity index (χ1v) is 10.2. The molecule has 4 rings (SSSR count). The number of nitrogens with zero attached hydrogens (tertiary/aromatic N) is 4. The monoisotopic (exact) mass is 425 g/mol. The quantitative estimate of drug-likeness (QED) is 0.442. The van der Waals surface area contributed by atoms with Crippen molar-refractivity contribution in [3.63, 3.8) is 0 Å². The molecular weight excluding hydrogens is 398 g/mol. The minimum Gasteiger partial charge on any atom is -0.496 e. The smallest absolute Gasteiger partial charge is 0.204 e. The molecule has 0 aliphatic heterocycles. The number of imidazole rings is 1. The molecule has 0 spiro atoms. The van der Waals surface area contributed by atoms with E-state index >= 15 is 0 Å². The highest BCUT2D eigenvalue weighted by atomic mass is 16.5. The van der Waals surface area contributed by atoms with Crippen LogP contribution in [0.1, 0.15) is 24.4 Å². The van der Waals surface area contributed by atoms with Gasteiger partial charge >= 0.3 is 0 Å². The summed E-state index contributed by atoms with van der Waals surface area (Å²) in [5, 5.41) is 17.5. The SMILES string of the molecule is COCC(C)n1c(NCCO)nc2cnc3cc(-c4c(C)noc4C)c(OC)cc3c21. The van der Waals surface area contributed by atoms with E-state index in [1.54, 1.807) is 20.4 Å². The molecule has 1 unspecified atom stereocenters. The molecule has 164 valence electrons. The largest absolute Gasteiger partial charge is 0.496 e. The summed E-state index contributed by atoms with van der Waals surface area (Å²) >= 11 is 0. The van der Waals surface area contributed by atoms with E-state index in [0.29, 0.717) is 24.8 Å². The van der Waals surface area contributed by atoms with Gasteiger partial charge in [-0.25, -0.2) is 4.98 Å². The van der Waals surface area contributed by atoms with E-state index < -0.39 is 0 Å². The van der Waals surface area contributed by atoms with E-state index in [1.807, 2.05) is 26.0 Å². The lowest BCUT2D eigenvalue weighted by Crippen LogP contribution is -2.16.